The predicted octanol–water partition coefficient (Wildman–Crippen LogP) is 4.53. The van der Waals surface area contributed by atoms with E-state index in [1.807, 2.05) is 4.90 Å². The van der Waals surface area contributed by atoms with Crippen LogP contribution < -0.4 is 5.56 Å². The van der Waals surface area contributed by atoms with Crippen LogP contribution in [0.15, 0.2) is 23.0 Å². The van der Waals surface area contributed by atoms with Crippen molar-refractivity contribution in [2.24, 2.45) is 23.2 Å². The lowest BCUT2D eigenvalue weighted by atomic mass is 9.49. The van der Waals surface area contributed by atoms with Gasteiger partial charge in [0.2, 0.25) is 5.91 Å². The van der Waals surface area contributed by atoms with Gasteiger partial charge in [0.05, 0.1) is 22.9 Å². The number of amides is 1. The minimum absolute atomic E-state index is 0.176. The minimum Gasteiger partial charge on any atom is -0.335 e. The van der Waals surface area contributed by atoms with Crippen LogP contribution in [0.4, 0.5) is 0 Å². The van der Waals surface area contributed by atoms with Gasteiger partial charge in [-0.3, -0.25) is 9.59 Å². The maximum Gasteiger partial charge on any atom is 0.258 e. The summed E-state index contributed by atoms with van der Waals surface area (Å²) in [5.41, 5.74) is 0.222. The number of hydrogen-bond donors (Lipinski definition) is 1. The van der Waals surface area contributed by atoms with Crippen LogP contribution in [0, 0.1) is 23.2 Å². The minimum atomic E-state index is -0.180. The largest absolute Gasteiger partial charge is 0.335 e. The molecule has 0 spiro atoms. The number of nitrogens with zero attached hydrogens (tertiary/aromatic N) is 2. The molecule has 1 N–H and O–H groups in total. The van der Waals surface area contributed by atoms with Crippen molar-refractivity contribution < 1.29 is 4.79 Å². The zero-order chi connectivity index (χ0) is 20.2. The van der Waals surface area contributed by atoms with E-state index in [0.29, 0.717) is 34.8 Å². The molecule has 154 valence electrons. The van der Waals surface area contributed by atoms with Crippen LogP contribution in [0.25, 0.3) is 10.9 Å². The predicted molar refractivity (Wildman–Crippen MR) is 114 cm³/mol. The molecule has 4 aliphatic carbocycles. The van der Waals surface area contributed by atoms with Gasteiger partial charge in [0, 0.05) is 11.6 Å². The standard InChI is InChI=1S/C23H28ClN3O2/c1-2-5-27(13-20-25-19-9-17(24)3-4-18(19)21(28)26-20)22(29)23-10-14-6-15(11-23)8-16(7-14)12-23/h3-4,9,14-16H,2,5-8,10-13H2,1H3,(H,25,26,28). The zero-order valence-electron chi connectivity index (χ0n) is 16.9. The molecule has 0 atom stereocenters. The maximum absolute atomic E-state index is 13.8. The van der Waals surface area contributed by atoms with Crippen molar-refractivity contribution in [3.63, 3.8) is 0 Å². The third kappa shape index (κ3) is 3.37. The van der Waals surface area contributed by atoms with Crippen molar-refractivity contribution in [1.82, 2.24) is 14.9 Å². The molecule has 4 aliphatic rings. The smallest absolute Gasteiger partial charge is 0.258 e. The molecule has 2 aromatic rings. The number of rotatable bonds is 5. The number of carbonyl (C=O) groups is 1. The molecule has 0 saturated heterocycles. The summed E-state index contributed by atoms with van der Waals surface area (Å²) in [5, 5.41) is 1.07. The SMILES string of the molecule is CCCN(Cc1nc2cc(Cl)ccc2c(=O)[nH]1)C(=O)C12CC3CC(CC(C3)C1)C2. The van der Waals surface area contributed by atoms with Crippen molar-refractivity contribution in [3.8, 4) is 0 Å². The molecule has 4 fully saturated rings. The molecule has 6 rings (SSSR count). The lowest BCUT2D eigenvalue weighted by Gasteiger charge is -2.56. The molecule has 1 aromatic heterocycles. The Morgan fingerprint density at radius 3 is 2.48 bits per heavy atom. The monoisotopic (exact) mass is 413 g/mol. The molecule has 5 nitrogen and oxygen atoms in total. The fourth-order valence-corrected chi connectivity index (χ4v) is 6.81. The summed E-state index contributed by atoms with van der Waals surface area (Å²) < 4.78 is 0. The number of benzene rings is 1. The van der Waals surface area contributed by atoms with Gasteiger partial charge in [-0.2, -0.15) is 0 Å². The molecule has 0 aliphatic heterocycles. The molecule has 4 bridgehead atoms. The van der Waals surface area contributed by atoms with Crippen molar-refractivity contribution in [1.29, 1.82) is 0 Å². The number of fused-ring (bicyclic) bond motifs is 1. The van der Waals surface area contributed by atoms with Crippen LogP contribution in [0.1, 0.15) is 57.7 Å². The second-order valence-electron chi connectivity index (χ2n) is 9.60. The van der Waals surface area contributed by atoms with E-state index >= 15 is 0 Å². The zero-order valence-corrected chi connectivity index (χ0v) is 17.7. The van der Waals surface area contributed by atoms with Gasteiger partial charge in [0.25, 0.3) is 5.56 Å². The molecular weight excluding hydrogens is 386 g/mol. The number of H-pyrrole nitrogens is 1. The average Bonchev–Trinajstić information content (AvgIpc) is 2.65. The molecule has 1 heterocycles. The Morgan fingerprint density at radius 2 is 1.86 bits per heavy atom. The Hall–Kier alpha value is -1.88. The van der Waals surface area contributed by atoms with Gasteiger partial charge in [-0.15, -0.1) is 0 Å². The number of hydrogen-bond acceptors (Lipinski definition) is 3. The van der Waals surface area contributed by atoms with Crippen molar-refractivity contribution in [3.05, 3.63) is 39.4 Å². The third-order valence-electron chi connectivity index (χ3n) is 7.33. The number of aromatic nitrogens is 2. The summed E-state index contributed by atoms with van der Waals surface area (Å²) in [6, 6.07) is 5.10. The highest BCUT2D eigenvalue weighted by Gasteiger charge is 2.55. The van der Waals surface area contributed by atoms with E-state index in [2.05, 4.69) is 16.9 Å². The van der Waals surface area contributed by atoms with E-state index < -0.39 is 0 Å². The topological polar surface area (TPSA) is 66.1 Å². The maximum atomic E-state index is 13.8. The Bertz CT molecular complexity index is 980. The van der Waals surface area contributed by atoms with Gasteiger partial charge in [-0.05, 0) is 80.9 Å². The summed E-state index contributed by atoms with van der Waals surface area (Å²) in [6.07, 6.45) is 8.00. The molecule has 1 amide bonds. The number of halogens is 1. The summed E-state index contributed by atoms with van der Waals surface area (Å²) in [6.45, 7) is 3.14. The van der Waals surface area contributed by atoms with Gasteiger partial charge >= 0.3 is 0 Å². The fraction of sp³-hybridized carbons (Fsp3) is 0.609. The molecule has 6 heteroatoms. The quantitative estimate of drug-likeness (QED) is 0.782. The van der Waals surface area contributed by atoms with E-state index in [9.17, 15) is 9.59 Å². The second kappa shape index (κ2) is 7.12. The molecular formula is C23H28ClN3O2. The first-order valence-corrected chi connectivity index (χ1v) is 11.3. The van der Waals surface area contributed by atoms with E-state index in [0.717, 1.165) is 43.4 Å². The molecule has 0 unspecified atom stereocenters. The lowest BCUT2D eigenvalue weighted by Crippen LogP contribution is -2.54. The number of nitrogens with one attached hydrogen (secondary N) is 1. The summed E-state index contributed by atoms with van der Waals surface area (Å²) in [4.78, 5) is 35.7. The summed E-state index contributed by atoms with van der Waals surface area (Å²) in [7, 11) is 0. The van der Waals surface area contributed by atoms with Crippen LogP contribution >= 0.6 is 11.6 Å². The normalized spacial score (nSPS) is 30.1. The van der Waals surface area contributed by atoms with Crippen molar-refractivity contribution >= 4 is 28.4 Å². The molecule has 4 saturated carbocycles. The first-order chi connectivity index (χ1) is 14.0. The first kappa shape index (κ1) is 19.1. The van der Waals surface area contributed by atoms with Crippen LogP contribution in [-0.2, 0) is 11.3 Å². The van der Waals surface area contributed by atoms with Gasteiger partial charge < -0.3 is 9.88 Å². The third-order valence-corrected chi connectivity index (χ3v) is 7.57. The van der Waals surface area contributed by atoms with Gasteiger partial charge in [0.15, 0.2) is 0 Å². The van der Waals surface area contributed by atoms with Crippen LogP contribution in [0.2, 0.25) is 5.02 Å². The van der Waals surface area contributed by atoms with Gasteiger partial charge in [-0.1, -0.05) is 18.5 Å². The van der Waals surface area contributed by atoms with Crippen LogP contribution in [0.5, 0.6) is 0 Å². The van der Waals surface area contributed by atoms with E-state index in [-0.39, 0.29) is 16.9 Å². The summed E-state index contributed by atoms with van der Waals surface area (Å²) in [5.74, 6) is 3.02. The molecule has 1 aromatic carbocycles. The highest BCUT2D eigenvalue weighted by atomic mass is 35.5. The highest BCUT2D eigenvalue weighted by molar-refractivity contribution is 6.31. The molecule has 29 heavy (non-hydrogen) atoms. The van der Waals surface area contributed by atoms with E-state index in [4.69, 9.17) is 11.6 Å². The Balaban J connectivity index is 1.44. The van der Waals surface area contributed by atoms with E-state index in [1.165, 1.54) is 19.3 Å². The van der Waals surface area contributed by atoms with E-state index in [1.54, 1.807) is 18.2 Å². The number of aromatic amines is 1. The molecule has 0 radical (unpaired) electrons. The lowest BCUT2D eigenvalue weighted by molar-refractivity contribution is -0.158. The first-order valence-electron chi connectivity index (χ1n) is 10.9. The van der Waals surface area contributed by atoms with Crippen LogP contribution in [-0.4, -0.2) is 27.3 Å². The van der Waals surface area contributed by atoms with Gasteiger partial charge in [0.1, 0.15) is 5.82 Å². The summed E-state index contributed by atoms with van der Waals surface area (Å²) >= 11 is 6.09. The van der Waals surface area contributed by atoms with Crippen molar-refractivity contribution in [2.45, 2.75) is 58.4 Å². The highest BCUT2D eigenvalue weighted by Crippen LogP contribution is 2.60. The Kier molecular flexibility index (Phi) is 4.69. The van der Waals surface area contributed by atoms with Gasteiger partial charge in [-0.25, -0.2) is 4.98 Å². The Labute approximate surface area is 175 Å². The fourth-order valence-electron chi connectivity index (χ4n) is 6.65. The Morgan fingerprint density at radius 1 is 1.21 bits per heavy atom. The van der Waals surface area contributed by atoms with Crippen LogP contribution in [0.3, 0.4) is 0 Å². The number of carbonyl (C=O) groups excluding carboxylic acids is 1. The average molecular weight is 414 g/mol. The second-order valence-corrected chi connectivity index (χ2v) is 10.0. The van der Waals surface area contributed by atoms with Crippen molar-refractivity contribution in [2.75, 3.05) is 6.54 Å².